The molecule has 1 heterocycles. The monoisotopic (exact) mass is 326 g/mol. The van der Waals surface area contributed by atoms with Gasteiger partial charge in [-0.2, -0.15) is 0 Å². The average Bonchev–Trinajstić information content (AvgIpc) is 3.23. The Morgan fingerprint density at radius 1 is 1.12 bits per heavy atom. The number of aryl methyl sites for hydroxylation is 1. The van der Waals surface area contributed by atoms with E-state index in [1.165, 1.54) is 0 Å². The van der Waals surface area contributed by atoms with Crippen molar-refractivity contribution in [2.24, 2.45) is 5.92 Å². The summed E-state index contributed by atoms with van der Waals surface area (Å²) in [6, 6.07) is 14.1. The number of aliphatic carboxylic acids is 1. The number of H-pyrrole nitrogens is 1. The fourth-order valence-electron chi connectivity index (χ4n) is 3.26. The molecule has 0 saturated heterocycles. The Labute approximate surface area is 141 Å². The molecule has 1 aliphatic carbocycles. The molecule has 1 saturated carbocycles. The van der Waals surface area contributed by atoms with Crippen LogP contribution in [0.4, 0.5) is 0 Å². The number of benzene rings is 1. The normalized spacial score (nSPS) is 20.0. The predicted octanol–water partition coefficient (Wildman–Crippen LogP) is 2.98. The van der Waals surface area contributed by atoms with Gasteiger partial charge in [0.2, 0.25) is 5.91 Å². The molecule has 1 fully saturated rings. The quantitative estimate of drug-likeness (QED) is 0.763. The first-order chi connectivity index (χ1) is 11.6. The summed E-state index contributed by atoms with van der Waals surface area (Å²) in [5, 5.41) is 12.0. The standard InChI is InChI=1S/C19H22N2O3/c22-18(21-16-7-6-14(12-16)19(23)24)11-9-15-8-10-17(20-15)13-4-2-1-3-5-13/h1-5,8,10,14,16,20H,6-7,9,11-12H2,(H,21,22)(H,23,24)/t14-,16+/m0/s1. The molecule has 1 amide bonds. The van der Waals surface area contributed by atoms with Gasteiger partial charge in [0.25, 0.3) is 0 Å². The highest BCUT2D eigenvalue weighted by Gasteiger charge is 2.30. The molecule has 2 aromatic rings. The van der Waals surface area contributed by atoms with Crippen molar-refractivity contribution in [2.75, 3.05) is 0 Å². The topological polar surface area (TPSA) is 82.2 Å². The first-order valence-corrected chi connectivity index (χ1v) is 8.37. The Bertz CT molecular complexity index is 708. The Hall–Kier alpha value is -2.56. The largest absolute Gasteiger partial charge is 0.481 e. The van der Waals surface area contributed by atoms with E-state index in [9.17, 15) is 9.59 Å². The number of carboxylic acid groups (broad SMARTS) is 1. The second-order valence-corrected chi connectivity index (χ2v) is 6.38. The molecule has 1 aromatic carbocycles. The number of carbonyl (C=O) groups is 2. The number of carboxylic acids is 1. The number of nitrogens with one attached hydrogen (secondary N) is 2. The van der Waals surface area contributed by atoms with Gasteiger partial charge in [-0.1, -0.05) is 30.3 Å². The Balaban J connectivity index is 1.47. The number of hydrogen-bond donors (Lipinski definition) is 3. The van der Waals surface area contributed by atoms with Crippen molar-refractivity contribution in [1.29, 1.82) is 0 Å². The summed E-state index contributed by atoms with van der Waals surface area (Å²) < 4.78 is 0. The van der Waals surface area contributed by atoms with Crippen LogP contribution in [0.3, 0.4) is 0 Å². The van der Waals surface area contributed by atoms with Crippen molar-refractivity contribution in [2.45, 2.75) is 38.1 Å². The number of aromatic amines is 1. The van der Waals surface area contributed by atoms with Crippen LogP contribution >= 0.6 is 0 Å². The highest BCUT2D eigenvalue weighted by Crippen LogP contribution is 2.25. The van der Waals surface area contributed by atoms with E-state index in [0.717, 1.165) is 23.4 Å². The van der Waals surface area contributed by atoms with Crippen LogP contribution < -0.4 is 5.32 Å². The molecule has 1 aliphatic rings. The number of amides is 1. The maximum absolute atomic E-state index is 12.1. The van der Waals surface area contributed by atoms with Gasteiger partial charge in [-0.25, -0.2) is 0 Å². The summed E-state index contributed by atoms with van der Waals surface area (Å²) in [6.45, 7) is 0. The molecule has 0 unspecified atom stereocenters. The molecule has 1 aromatic heterocycles. The van der Waals surface area contributed by atoms with Crippen LogP contribution in [0.2, 0.25) is 0 Å². The summed E-state index contributed by atoms with van der Waals surface area (Å²) in [7, 11) is 0. The number of aromatic nitrogens is 1. The molecule has 24 heavy (non-hydrogen) atoms. The molecular weight excluding hydrogens is 304 g/mol. The zero-order valence-electron chi connectivity index (χ0n) is 13.5. The third-order valence-electron chi connectivity index (χ3n) is 4.60. The van der Waals surface area contributed by atoms with Crippen molar-refractivity contribution in [3.05, 3.63) is 48.2 Å². The summed E-state index contributed by atoms with van der Waals surface area (Å²) in [6.07, 6.45) is 3.00. The van der Waals surface area contributed by atoms with E-state index in [2.05, 4.69) is 10.3 Å². The Morgan fingerprint density at radius 3 is 2.62 bits per heavy atom. The van der Waals surface area contributed by atoms with Gasteiger partial charge in [0.05, 0.1) is 5.92 Å². The minimum atomic E-state index is -0.758. The van der Waals surface area contributed by atoms with Gasteiger partial charge in [-0.15, -0.1) is 0 Å². The van der Waals surface area contributed by atoms with E-state index < -0.39 is 5.97 Å². The highest BCUT2D eigenvalue weighted by atomic mass is 16.4. The van der Waals surface area contributed by atoms with Crippen LogP contribution in [0.15, 0.2) is 42.5 Å². The third kappa shape index (κ3) is 4.04. The highest BCUT2D eigenvalue weighted by molar-refractivity contribution is 5.77. The number of rotatable bonds is 6. The van der Waals surface area contributed by atoms with Crippen molar-refractivity contribution < 1.29 is 14.7 Å². The minimum Gasteiger partial charge on any atom is -0.481 e. The third-order valence-corrected chi connectivity index (χ3v) is 4.60. The predicted molar refractivity (Wildman–Crippen MR) is 91.5 cm³/mol. The lowest BCUT2D eigenvalue weighted by Crippen LogP contribution is -2.33. The van der Waals surface area contributed by atoms with Gasteiger partial charge in [-0.05, 0) is 43.4 Å². The molecule has 3 N–H and O–H groups in total. The zero-order chi connectivity index (χ0) is 16.9. The van der Waals surface area contributed by atoms with Crippen LogP contribution in [0.1, 0.15) is 31.4 Å². The smallest absolute Gasteiger partial charge is 0.306 e. The van der Waals surface area contributed by atoms with Crippen LogP contribution in [-0.2, 0) is 16.0 Å². The van der Waals surface area contributed by atoms with Crippen LogP contribution in [0.5, 0.6) is 0 Å². The molecule has 0 spiro atoms. The van der Waals surface area contributed by atoms with Gasteiger partial charge in [0.15, 0.2) is 0 Å². The first kappa shape index (κ1) is 16.3. The fourth-order valence-corrected chi connectivity index (χ4v) is 3.26. The molecule has 3 rings (SSSR count). The molecule has 5 nitrogen and oxygen atoms in total. The second-order valence-electron chi connectivity index (χ2n) is 6.38. The lowest BCUT2D eigenvalue weighted by molar-refractivity contribution is -0.141. The van der Waals surface area contributed by atoms with E-state index >= 15 is 0 Å². The zero-order valence-corrected chi connectivity index (χ0v) is 13.5. The lowest BCUT2D eigenvalue weighted by atomic mass is 10.1. The number of carbonyl (C=O) groups excluding carboxylic acids is 1. The van der Waals surface area contributed by atoms with Crippen molar-refractivity contribution in [1.82, 2.24) is 10.3 Å². The van der Waals surface area contributed by atoms with Gasteiger partial charge in [-0.3, -0.25) is 9.59 Å². The molecule has 0 aliphatic heterocycles. The van der Waals surface area contributed by atoms with E-state index in [-0.39, 0.29) is 17.9 Å². The van der Waals surface area contributed by atoms with Gasteiger partial charge in [0, 0.05) is 23.9 Å². The van der Waals surface area contributed by atoms with E-state index in [0.29, 0.717) is 25.7 Å². The molecule has 0 radical (unpaired) electrons. The van der Waals surface area contributed by atoms with Gasteiger partial charge in [0.1, 0.15) is 0 Å². The molecular formula is C19H22N2O3. The summed E-state index contributed by atoms with van der Waals surface area (Å²) >= 11 is 0. The molecule has 5 heteroatoms. The molecule has 126 valence electrons. The van der Waals surface area contributed by atoms with Crippen molar-refractivity contribution >= 4 is 11.9 Å². The van der Waals surface area contributed by atoms with E-state index in [1.807, 2.05) is 42.5 Å². The van der Waals surface area contributed by atoms with E-state index in [1.54, 1.807) is 0 Å². The summed E-state index contributed by atoms with van der Waals surface area (Å²) in [4.78, 5) is 26.3. The van der Waals surface area contributed by atoms with Crippen molar-refractivity contribution in [3.8, 4) is 11.3 Å². The lowest BCUT2D eigenvalue weighted by Gasteiger charge is -2.12. The van der Waals surface area contributed by atoms with Crippen LogP contribution in [-0.4, -0.2) is 28.0 Å². The average molecular weight is 326 g/mol. The molecule has 2 atom stereocenters. The Morgan fingerprint density at radius 2 is 1.92 bits per heavy atom. The summed E-state index contributed by atoms with van der Waals surface area (Å²) in [5.41, 5.74) is 3.20. The van der Waals surface area contributed by atoms with Crippen LogP contribution in [0.25, 0.3) is 11.3 Å². The molecule has 0 bridgehead atoms. The SMILES string of the molecule is O=C(CCc1ccc(-c2ccccc2)[nH]1)N[C@@H]1CC[C@H](C(=O)O)C1. The number of hydrogen-bond acceptors (Lipinski definition) is 2. The Kier molecular flexibility index (Phi) is 4.99. The summed E-state index contributed by atoms with van der Waals surface area (Å²) in [5.74, 6) is -1.08. The van der Waals surface area contributed by atoms with E-state index in [4.69, 9.17) is 5.11 Å². The van der Waals surface area contributed by atoms with Crippen molar-refractivity contribution in [3.63, 3.8) is 0 Å². The second kappa shape index (κ2) is 7.34. The fraction of sp³-hybridized carbons (Fsp3) is 0.368. The maximum Gasteiger partial charge on any atom is 0.306 e. The maximum atomic E-state index is 12.1. The minimum absolute atomic E-state index is 0.00196. The van der Waals surface area contributed by atoms with Crippen LogP contribution in [0, 0.1) is 5.92 Å². The first-order valence-electron chi connectivity index (χ1n) is 8.37. The van der Waals surface area contributed by atoms with Gasteiger partial charge < -0.3 is 15.4 Å². The van der Waals surface area contributed by atoms with Gasteiger partial charge >= 0.3 is 5.97 Å².